The van der Waals surface area contributed by atoms with Crippen LogP contribution >= 0.6 is 0 Å². The minimum absolute atomic E-state index is 0. The highest BCUT2D eigenvalue weighted by molar-refractivity contribution is 5.44. The van der Waals surface area contributed by atoms with Gasteiger partial charge in [0, 0.05) is 11.0 Å². The van der Waals surface area contributed by atoms with E-state index in [9.17, 15) is 5.11 Å². The van der Waals surface area contributed by atoms with E-state index >= 15 is 0 Å². The van der Waals surface area contributed by atoms with E-state index < -0.39 is 0 Å². The van der Waals surface area contributed by atoms with Gasteiger partial charge in [-0.15, -0.1) is 0 Å². The molecule has 2 aromatic rings. The zero-order valence-electron chi connectivity index (χ0n) is 10.1. The Balaban J connectivity index is 0.00000144. The van der Waals surface area contributed by atoms with Crippen molar-refractivity contribution in [2.24, 2.45) is 0 Å². The van der Waals surface area contributed by atoms with Crippen molar-refractivity contribution in [3.63, 3.8) is 0 Å². The molecule has 0 atom stereocenters. The zero-order chi connectivity index (χ0) is 11.6. The Kier molecular flexibility index (Phi) is 3.92. The van der Waals surface area contributed by atoms with E-state index in [4.69, 9.17) is 0 Å². The maximum Gasteiger partial charge on any atom is 0.119 e. The molecule has 17 heavy (non-hydrogen) atoms. The lowest BCUT2D eigenvalue weighted by Gasteiger charge is -2.26. The van der Waals surface area contributed by atoms with Crippen LogP contribution in [0.15, 0.2) is 54.6 Å². The molecule has 0 spiro atoms. The van der Waals surface area contributed by atoms with Crippen molar-refractivity contribution in [2.75, 3.05) is 0 Å². The second-order valence-electron chi connectivity index (χ2n) is 4.51. The van der Waals surface area contributed by atoms with Crippen LogP contribution < -0.4 is 0 Å². The molecule has 0 aromatic heterocycles. The van der Waals surface area contributed by atoms with Crippen molar-refractivity contribution in [1.29, 1.82) is 0 Å². The fraction of sp³-hybridized carbons (Fsp3) is 0.200. The fourth-order valence-corrected chi connectivity index (χ4v) is 2.01. The zero-order valence-corrected chi connectivity index (χ0v) is 10.1. The standard InChI is InChI=1S/C15H16O.H2O/c1-15(2,12-8-4-3-5-9-12)13-10-6-7-11-14(13)16;/h3-11,16H,1-2H3;1H2. The van der Waals surface area contributed by atoms with Crippen LogP contribution in [-0.2, 0) is 5.41 Å². The first-order valence-corrected chi connectivity index (χ1v) is 5.46. The monoisotopic (exact) mass is 230 g/mol. The molecular formula is C15H18O2. The molecule has 0 unspecified atom stereocenters. The molecule has 0 saturated heterocycles. The molecule has 0 heterocycles. The Morgan fingerprint density at radius 3 is 1.94 bits per heavy atom. The van der Waals surface area contributed by atoms with Gasteiger partial charge in [-0.2, -0.15) is 0 Å². The molecule has 2 nitrogen and oxygen atoms in total. The highest BCUT2D eigenvalue weighted by Crippen LogP contribution is 2.36. The third kappa shape index (κ3) is 2.48. The summed E-state index contributed by atoms with van der Waals surface area (Å²) in [5.41, 5.74) is 1.99. The molecule has 90 valence electrons. The van der Waals surface area contributed by atoms with Crippen LogP contribution in [0.25, 0.3) is 0 Å². The van der Waals surface area contributed by atoms with Gasteiger partial charge in [-0.1, -0.05) is 62.4 Å². The van der Waals surface area contributed by atoms with Crippen LogP contribution in [0.2, 0.25) is 0 Å². The highest BCUT2D eigenvalue weighted by Gasteiger charge is 2.25. The molecule has 0 saturated carbocycles. The number of aromatic hydroxyl groups is 1. The molecule has 0 fully saturated rings. The van der Waals surface area contributed by atoms with Gasteiger partial charge in [0.2, 0.25) is 0 Å². The van der Waals surface area contributed by atoms with Crippen molar-refractivity contribution in [3.8, 4) is 5.75 Å². The van der Waals surface area contributed by atoms with E-state index in [2.05, 4.69) is 26.0 Å². The summed E-state index contributed by atoms with van der Waals surface area (Å²) in [7, 11) is 0. The molecule has 0 aliphatic rings. The van der Waals surface area contributed by atoms with Gasteiger partial charge < -0.3 is 10.6 Å². The lowest BCUT2D eigenvalue weighted by molar-refractivity contribution is 0.453. The molecule has 2 aromatic carbocycles. The Morgan fingerprint density at radius 2 is 1.35 bits per heavy atom. The van der Waals surface area contributed by atoms with Crippen LogP contribution in [-0.4, -0.2) is 10.6 Å². The average molecular weight is 230 g/mol. The van der Waals surface area contributed by atoms with Crippen molar-refractivity contribution < 1.29 is 10.6 Å². The van der Waals surface area contributed by atoms with E-state index in [1.54, 1.807) is 6.07 Å². The van der Waals surface area contributed by atoms with Gasteiger partial charge in [0.05, 0.1) is 0 Å². The summed E-state index contributed by atoms with van der Waals surface area (Å²) in [5.74, 6) is 0.358. The Bertz CT molecular complexity index is 475. The first kappa shape index (κ1) is 13.3. The molecule has 2 rings (SSSR count). The van der Waals surface area contributed by atoms with E-state index in [1.165, 1.54) is 5.56 Å². The quantitative estimate of drug-likeness (QED) is 0.847. The van der Waals surface area contributed by atoms with Crippen LogP contribution in [0.5, 0.6) is 5.75 Å². The van der Waals surface area contributed by atoms with Crippen molar-refractivity contribution in [3.05, 3.63) is 65.7 Å². The number of phenolic OH excluding ortho intramolecular Hbond substituents is 1. The van der Waals surface area contributed by atoms with E-state index in [0.717, 1.165) is 5.56 Å². The van der Waals surface area contributed by atoms with Gasteiger partial charge in [0.25, 0.3) is 0 Å². The minimum Gasteiger partial charge on any atom is -0.508 e. The smallest absolute Gasteiger partial charge is 0.119 e. The topological polar surface area (TPSA) is 51.7 Å². The van der Waals surface area contributed by atoms with Gasteiger partial charge >= 0.3 is 0 Å². The van der Waals surface area contributed by atoms with Gasteiger partial charge in [0.15, 0.2) is 0 Å². The van der Waals surface area contributed by atoms with Crippen LogP contribution in [0, 0.1) is 0 Å². The summed E-state index contributed by atoms with van der Waals surface area (Å²) >= 11 is 0. The molecule has 2 heteroatoms. The average Bonchev–Trinajstić information content (AvgIpc) is 2.30. The largest absolute Gasteiger partial charge is 0.508 e. The van der Waals surface area contributed by atoms with Gasteiger partial charge in [0.1, 0.15) is 5.75 Å². The Morgan fingerprint density at radius 1 is 0.824 bits per heavy atom. The fourth-order valence-electron chi connectivity index (χ4n) is 2.01. The Labute approximate surface area is 102 Å². The number of phenols is 1. The molecule has 0 bridgehead atoms. The predicted molar refractivity (Wildman–Crippen MR) is 70.3 cm³/mol. The third-order valence-electron chi connectivity index (χ3n) is 3.07. The maximum atomic E-state index is 9.91. The van der Waals surface area contributed by atoms with Crippen LogP contribution in [0.3, 0.4) is 0 Å². The van der Waals surface area contributed by atoms with Crippen molar-refractivity contribution in [1.82, 2.24) is 0 Å². The maximum absolute atomic E-state index is 9.91. The predicted octanol–water partition coefficient (Wildman–Crippen LogP) is 2.89. The normalized spacial score (nSPS) is 10.7. The van der Waals surface area contributed by atoms with E-state index in [0.29, 0.717) is 5.75 Å². The van der Waals surface area contributed by atoms with Crippen LogP contribution in [0.4, 0.5) is 0 Å². The lowest BCUT2D eigenvalue weighted by Crippen LogP contribution is -2.18. The summed E-state index contributed by atoms with van der Waals surface area (Å²) in [6.45, 7) is 4.24. The first-order valence-electron chi connectivity index (χ1n) is 5.46. The highest BCUT2D eigenvalue weighted by atomic mass is 16.3. The summed E-state index contributed by atoms with van der Waals surface area (Å²) in [5, 5.41) is 9.91. The Hall–Kier alpha value is -1.80. The van der Waals surface area contributed by atoms with E-state index in [-0.39, 0.29) is 10.9 Å². The van der Waals surface area contributed by atoms with Gasteiger partial charge in [-0.25, -0.2) is 0 Å². The molecule has 0 aliphatic carbocycles. The number of rotatable bonds is 2. The molecule has 3 N–H and O–H groups in total. The molecule has 0 amide bonds. The lowest BCUT2D eigenvalue weighted by atomic mass is 9.78. The molecule has 0 radical (unpaired) electrons. The second kappa shape index (κ2) is 5.02. The second-order valence-corrected chi connectivity index (χ2v) is 4.51. The summed E-state index contributed by atoms with van der Waals surface area (Å²) in [6.07, 6.45) is 0. The number of hydrogen-bond donors (Lipinski definition) is 1. The SMILES string of the molecule is CC(C)(c1ccccc1)c1ccccc1O.O. The number of hydrogen-bond acceptors (Lipinski definition) is 1. The van der Waals surface area contributed by atoms with Crippen LogP contribution in [0.1, 0.15) is 25.0 Å². The van der Waals surface area contributed by atoms with Gasteiger partial charge in [-0.05, 0) is 11.6 Å². The summed E-state index contributed by atoms with van der Waals surface area (Å²) in [6, 6.07) is 17.7. The van der Waals surface area contributed by atoms with Crippen molar-refractivity contribution >= 4 is 0 Å². The third-order valence-corrected chi connectivity index (χ3v) is 3.07. The minimum atomic E-state index is -0.174. The molecular weight excluding hydrogens is 212 g/mol. The molecule has 0 aliphatic heterocycles. The summed E-state index contributed by atoms with van der Waals surface area (Å²) in [4.78, 5) is 0. The number of benzene rings is 2. The van der Waals surface area contributed by atoms with Crippen molar-refractivity contribution in [2.45, 2.75) is 19.3 Å². The summed E-state index contributed by atoms with van der Waals surface area (Å²) < 4.78 is 0. The first-order chi connectivity index (χ1) is 7.62. The van der Waals surface area contributed by atoms with E-state index in [1.807, 2.05) is 36.4 Å². The number of para-hydroxylation sites is 1. The van der Waals surface area contributed by atoms with Gasteiger partial charge in [-0.3, -0.25) is 0 Å².